The summed E-state index contributed by atoms with van der Waals surface area (Å²) in [6.07, 6.45) is 1.62. The van der Waals surface area contributed by atoms with Crippen molar-refractivity contribution in [2.24, 2.45) is 5.10 Å². The first-order valence-electron chi connectivity index (χ1n) is 6.84. The molecule has 2 rings (SSSR count). The van der Waals surface area contributed by atoms with Crippen LogP contribution in [0.2, 0.25) is 0 Å². The fourth-order valence-corrected chi connectivity index (χ4v) is 2.65. The number of benzene rings is 2. The molecule has 2 aromatic rings. The smallest absolute Gasteiger partial charge is 0.271 e. The summed E-state index contributed by atoms with van der Waals surface area (Å²) >= 11 is 3.52. The molecule has 0 spiro atoms. The molecule has 0 unspecified atom stereocenters. The molecule has 4 nitrogen and oxygen atoms in total. The van der Waals surface area contributed by atoms with Crippen LogP contribution in [0.3, 0.4) is 0 Å². The number of halogens is 1. The molecular weight excluding hydrogens is 342 g/mol. The van der Waals surface area contributed by atoms with E-state index in [1.807, 2.05) is 56.3 Å². The number of anilines is 1. The number of carbonyl (C=O) groups is 1. The Morgan fingerprint density at radius 3 is 2.45 bits per heavy atom. The standard InChI is InChI=1S/C17H18BrN3O/c1-12-4-7-14(8-5-12)17(22)20-19-11-13-6-9-16(21(2)3)15(18)10-13/h4-11H,1-3H3,(H,20,22)/b19-11-. The van der Waals surface area contributed by atoms with E-state index in [-0.39, 0.29) is 5.91 Å². The van der Waals surface area contributed by atoms with Crippen LogP contribution < -0.4 is 10.3 Å². The van der Waals surface area contributed by atoms with Gasteiger partial charge in [0, 0.05) is 24.1 Å². The average molecular weight is 360 g/mol. The molecule has 0 radical (unpaired) electrons. The van der Waals surface area contributed by atoms with Crippen LogP contribution >= 0.6 is 15.9 Å². The van der Waals surface area contributed by atoms with Gasteiger partial charge in [-0.2, -0.15) is 5.10 Å². The van der Waals surface area contributed by atoms with Crippen molar-refractivity contribution in [1.29, 1.82) is 0 Å². The quantitative estimate of drug-likeness (QED) is 0.669. The Balaban J connectivity index is 2.02. The SMILES string of the molecule is Cc1ccc(C(=O)N/N=C\c2ccc(N(C)C)c(Br)c2)cc1. The highest BCUT2D eigenvalue weighted by atomic mass is 79.9. The van der Waals surface area contributed by atoms with Crippen LogP contribution in [0, 0.1) is 6.92 Å². The Morgan fingerprint density at radius 1 is 1.18 bits per heavy atom. The number of hydrogen-bond donors (Lipinski definition) is 1. The molecule has 0 fully saturated rings. The lowest BCUT2D eigenvalue weighted by molar-refractivity contribution is 0.0955. The molecule has 0 atom stereocenters. The summed E-state index contributed by atoms with van der Waals surface area (Å²) in [5, 5.41) is 4.00. The maximum Gasteiger partial charge on any atom is 0.271 e. The molecule has 0 aliphatic heterocycles. The first-order valence-corrected chi connectivity index (χ1v) is 7.63. The van der Waals surface area contributed by atoms with Gasteiger partial charge in [0.1, 0.15) is 0 Å². The van der Waals surface area contributed by atoms with E-state index in [0.29, 0.717) is 5.56 Å². The van der Waals surface area contributed by atoms with Crippen LogP contribution in [0.5, 0.6) is 0 Å². The van der Waals surface area contributed by atoms with Crippen LogP contribution in [0.15, 0.2) is 52.0 Å². The van der Waals surface area contributed by atoms with E-state index in [4.69, 9.17) is 0 Å². The number of rotatable bonds is 4. The predicted molar refractivity (Wildman–Crippen MR) is 94.7 cm³/mol. The van der Waals surface area contributed by atoms with E-state index in [1.54, 1.807) is 18.3 Å². The number of carbonyl (C=O) groups excluding carboxylic acids is 1. The van der Waals surface area contributed by atoms with E-state index in [9.17, 15) is 4.79 Å². The summed E-state index contributed by atoms with van der Waals surface area (Å²) in [7, 11) is 3.96. The largest absolute Gasteiger partial charge is 0.377 e. The summed E-state index contributed by atoms with van der Waals surface area (Å²) in [4.78, 5) is 13.9. The van der Waals surface area contributed by atoms with Crippen molar-refractivity contribution >= 4 is 33.7 Å². The van der Waals surface area contributed by atoms with Crippen molar-refractivity contribution < 1.29 is 4.79 Å². The summed E-state index contributed by atoms with van der Waals surface area (Å²) in [6, 6.07) is 13.3. The van der Waals surface area contributed by atoms with E-state index in [1.165, 1.54) is 0 Å². The van der Waals surface area contributed by atoms with Gasteiger partial charge in [-0.05, 0) is 52.7 Å². The molecule has 1 amide bonds. The molecule has 1 N–H and O–H groups in total. The van der Waals surface area contributed by atoms with E-state index < -0.39 is 0 Å². The van der Waals surface area contributed by atoms with Gasteiger partial charge in [0.25, 0.3) is 5.91 Å². The van der Waals surface area contributed by atoms with Crippen molar-refractivity contribution in [3.05, 3.63) is 63.6 Å². The lowest BCUT2D eigenvalue weighted by atomic mass is 10.1. The monoisotopic (exact) mass is 359 g/mol. The van der Waals surface area contributed by atoms with Gasteiger partial charge in [-0.25, -0.2) is 5.43 Å². The van der Waals surface area contributed by atoms with Crippen LogP contribution in [-0.2, 0) is 0 Å². The van der Waals surface area contributed by atoms with Gasteiger partial charge in [-0.15, -0.1) is 0 Å². The molecule has 5 heteroatoms. The summed E-state index contributed by atoms with van der Waals surface area (Å²) in [5.41, 5.74) is 6.22. The van der Waals surface area contributed by atoms with Crippen LogP contribution in [-0.4, -0.2) is 26.2 Å². The predicted octanol–water partition coefficient (Wildman–Crippen LogP) is 3.59. The van der Waals surface area contributed by atoms with Crippen LogP contribution in [0.1, 0.15) is 21.5 Å². The number of aryl methyl sites for hydroxylation is 1. The fraction of sp³-hybridized carbons (Fsp3) is 0.176. The normalized spacial score (nSPS) is 10.7. The number of hydrazone groups is 1. The van der Waals surface area contributed by atoms with Gasteiger partial charge in [0.15, 0.2) is 0 Å². The topological polar surface area (TPSA) is 44.7 Å². The minimum Gasteiger partial charge on any atom is -0.377 e. The lowest BCUT2D eigenvalue weighted by Gasteiger charge is -2.14. The zero-order chi connectivity index (χ0) is 16.1. The highest BCUT2D eigenvalue weighted by molar-refractivity contribution is 9.10. The molecule has 0 bridgehead atoms. The third-order valence-corrected chi connectivity index (χ3v) is 3.78. The lowest BCUT2D eigenvalue weighted by Crippen LogP contribution is -2.17. The van der Waals surface area contributed by atoms with Gasteiger partial charge in [0.2, 0.25) is 0 Å². The van der Waals surface area contributed by atoms with Gasteiger partial charge >= 0.3 is 0 Å². The molecule has 0 saturated heterocycles. The Labute approximate surface area is 139 Å². The van der Waals surface area contributed by atoms with Crippen molar-refractivity contribution in [1.82, 2.24) is 5.43 Å². The first-order chi connectivity index (χ1) is 10.5. The second kappa shape index (κ2) is 7.22. The second-order valence-corrected chi connectivity index (χ2v) is 6.02. The second-order valence-electron chi connectivity index (χ2n) is 5.17. The summed E-state index contributed by atoms with van der Waals surface area (Å²) in [6.45, 7) is 1.98. The number of amides is 1. The number of nitrogens with one attached hydrogen (secondary N) is 1. The molecule has 0 saturated carbocycles. The van der Waals surface area contributed by atoms with Crippen LogP contribution in [0.4, 0.5) is 5.69 Å². The molecule has 0 heterocycles. The molecule has 0 aromatic heterocycles. The average Bonchev–Trinajstić information content (AvgIpc) is 2.47. The molecule has 0 aliphatic carbocycles. The Morgan fingerprint density at radius 2 is 1.86 bits per heavy atom. The Kier molecular flexibility index (Phi) is 5.33. The minimum absolute atomic E-state index is 0.222. The molecular formula is C17H18BrN3O. The van der Waals surface area contributed by atoms with Crippen molar-refractivity contribution in [2.75, 3.05) is 19.0 Å². The van der Waals surface area contributed by atoms with Crippen molar-refractivity contribution in [3.63, 3.8) is 0 Å². The van der Waals surface area contributed by atoms with Gasteiger partial charge < -0.3 is 4.90 Å². The molecule has 0 aliphatic rings. The van der Waals surface area contributed by atoms with E-state index in [2.05, 4.69) is 26.5 Å². The van der Waals surface area contributed by atoms with Gasteiger partial charge in [-0.3, -0.25) is 4.79 Å². The minimum atomic E-state index is -0.222. The summed E-state index contributed by atoms with van der Waals surface area (Å²) in [5.74, 6) is -0.222. The molecule has 2 aromatic carbocycles. The Hall–Kier alpha value is -2.14. The highest BCUT2D eigenvalue weighted by Crippen LogP contribution is 2.25. The van der Waals surface area contributed by atoms with E-state index in [0.717, 1.165) is 21.3 Å². The van der Waals surface area contributed by atoms with Crippen LogP contribution in [0.25, 0.3) is 0 Å². The van der Waals surface area contributed by atoms with Crippen molar-refractivity contribution in [2.45, 2.75) is 6.92 Å². The Bertz CT molecular complexity index is 694. The van der Waals surface area contributed by atoms with Crippen molar-refractivity contribution in [3.8, 4) is 0 Å². The van der Waals surface area contributed by atoms with Gasteiger partial charge in [-0.1, -0.05) is 23.8 Å². The number of hydrogen-bond acceptors (Lipinski definition) is 3. The maximum atomic E-state index is 11.9. The third-order valence-electron chi connectivity index (χ3n) is 3.15. The maximum absolute atomic E-state index is 11.9. The number of nitrogens with zero attached hydrogens (tertiary/aromatic N) is 2. The molecule has 22 heavy (non-hydrogen) atoms. The summed E-state index contributed by atoms with van der Waals surface area (Å²) < 4.78 is 0.978. The third kappa shape index (κ3) is 4.18. The van der Waals surface area contributed by atoms with E-state index >= 15 is 0 Å². The zero-order valence-electron chi connectivity index (χ0n) is 12.8. The first kappa shape index (κ1) is 16.2. The highest BCUT2D eigenvalue weighted by Gasteiger charge is 2.04. The fourth-order valence-electron chi connectivity index (χ4n) is 1.90. The molecule has 114 valence electrons. The zero-order valence-corrected chi connectivity index (χ0v) is 14.4. The van der Waals surface area contributed by atoms with Gasteiger partial charge in [0.05, 0.1) is 11.9 Å².